The Kier molecular flexibility index (Phi) is 5.86. The molecule has 0 radical (unpaired) electrons. The van der Waals surface area contributed by atoms with E-state index in [1.165, 1.54) is 6.66 Å². The van der Waals surface area contributed by atoms with Crippen LogP contribution in [0.5, 0.6) is 0 Å². The molecule has 0 spiro atoms. The monoisotopic (exact) mass is 208 g/mol. The quantitative estimate of drug-likeness (QED) is 0.628. The van der Waals surface area contributed by atoms with E-state index in [-0.39, 0.29) is 6.10 Å². The molecule has 80 valence electrons. The summed E-state index contributed by atoms with van der Waals surface area (Å²) < 4.78 is 22.1. The van der Waals surface area contributed by atoms with Crippen molar-refractivity contribution in [3.05, 3.63) is 0 Å². The highest BCUT2D eigenvalue weighted by Gasteiger charge is 2.21. The van der Waals surface area contributed by atoms with Gasteiger partial charge in [0.1, 0.15) is 0 Å². The molecule has 0 bridgehead atoms. The second kappa shape index (κ2) is 5.79. The zero-order valence-electron chi connectivity index (χ0n) is 9.24. The molecular weight excluding hydrogens is 187 g/mol. The highest BCUT2D eigenvalue weighted by molar-refractivity contribution is 7.53. The predicted octanol–water partition coefficient (Wildman–Crippen LogP) is 3.30. The third kappa shape index (κ3) is 6.25. The first kappa shape index (κ1) is 13.2. The van der Waals surface area contributed by atoms with Gasteiger partial charge in [-0.2, -0.15) is 0 Å². The molecule has 2 atom stereocenters. The predicted molar refractivity (Wildman–Crippen MR) is 55.2 cm³/mol. The van der Waals surface area contributed by atoms with Crippen molar-refractivity contribution in [3.63, 3.8) is 0 Å². The molecule has 0 fully saturated rings. The van der Waals surface area contributed by atoms with Gasteiger partial charge in [0.2, 0.25) is 0 Å². The van der Waals surface area contributed by atoms with Gasteiger partial charge in [-0.15, -0.1) is 0 Å². The van der Waals surface area contributed by atoms with Gasteiger partial charge in [-0.25, -0.2) is 0 Å². The van der Waals surface area contributed by atoms with Gasteiger partial charge in [-0.05, 0) is 19.3 Å². The summed E-state index contributed by atoms with van der Waals surface area (Å²) in [7, 11) is -2.82. The molecule has 0 saturated carbocycles. The van der Waals surface area contributed by atoms with Crippen LogP contribution in [0.4, 0.5) is 0 Å². The lowest BCUT2D eigenvalue weighted by Crippen LogP contribution is -2.14. The summed E-state index contributed by atoms with van der Waals surface area (Å²) in [5, 5.41) is 0. The summed E-state index contributed by atoms with van der Waals surface area (Å²) in [6.45, 7) is 9.98. The van der Waals surface area contributed by atoms with Crippen LogP contribution < -0.4 is 0 Å². The van der Waals surface area contributed by atoms with Gasteiger partial charge in [0, 0.05) is 6.66 Å². The summed E-state index contributed by atoms with van der Waals surface area (Å²) >= 11 is 0. The Hall–Kier alpha value is 0.150. The molecule has 4 heteroatoms. The summed E-state index contributed by atoms with van der Waals surface area (Å²) in [5.74, 6) is 0.360. The van der Waals surface area contributed by atoms with Crippen molar-refractivity contribution >= 4 is 7.60 Å². The van der Waals surface area contributed by atoms with E-state index in [0.717, 1.165) is 6.42 Å². The SMILES string of the molecule is CCCOP(C)(=O)OC(C)C(C)C. The van der Waals surface area contributed by atoms with Gasteiger partial charge in [-0.1, -0.05) is 20.8 Å². The summed E-state index contributed by atoms with van der Waals surface area (Å²) in [4.78, 5) is 0. The molecule has 0 heterocycles. The maximum Gasteiger partial charge on any atom is 0.327 e. The molecule has 0 aliphatic rings. The molecule has 0 rings (SSSR count). The van der Waals surface area contributed by atoms with Crippen molar-refractivity contribution in [1.82, 2.24) is 0 Å². The van der Waals surface area contributed by atoms with Crippen LogP contribution in [0, 0.1) is 5.92 Å². The molecule has 0 aliphatic carbocycles. The van der Waals surface area contributed by atoms with Crippen LogP contribution in [-0.2, 0) is 13.6 Å². The third-order valence-electron chi connectivity index (χ3n) is 1.83. The van der Waals surface area contributed by atoms with Crippen molar-refractivity contribution < 1.29 is 13.6 Å². The average molecular weight is 208 g/mol. The highest BCUT2D eigenvalue weighted by Crippen LogP contribution is 2.45. The summed E-state index contributed by atoms with van der Waals surface area (Å²) in [6, 6.07) is 0. The van der Waals surface area contributed by atoms with E-state index in [0.29, 0.717) is 12.5 Å². The van der Waals surface area contributed by atoms with Gasteiger partial charge in [0.25, 0.3) is 0 Å². The second-order valence-corrected chi connectivity index (χ2v) is 5.67. The number of hydrogen-bond acceptors (Lipinski definition) is 3. The topological polar surface area (TPSA) is 35.5 Å². The Morgan fingerprint density at radius 1 is 1.31 bits per heavy atom. The second-order valence-electron chi connectivity index (χ2n) is 3.66. The third-order valence-corrected chi connectivity index (χ3v) is 3.19. The lowest BCUT2D eigenvalue weighted by Gasteiger charge is -2.21. The molecule has 0 amide bonds. The normalized spacial score (nSPS) is 18.6. The Bertz CT molecular complexity index is 180. The van der Waals surface area contributed by atoms with Gasteiger partial charge >= 0.3 is 7.60 Å². The first-order chi connectivity index (χ1) is 5.89. The van der Waals surface area contributed by atoms with Crippen molar-refractivity contribution in [2.45, 2.75) is 40.2 Å². The lowest BCUT2D eigenvalue weighted by molar-refractivity contribution is 0.129. The van der Waals surface area contributed by atoms with Crippen molar-refractivity contribution in [3.8, 4) is 0 Å². The standard InChI is InChI=1S/C9H21O3P/c1-6-7-11-13(5,10)12-9(4)8(2)3/h8-9H,6-7H2,1-5H3. The molecule has 0 aliphatic heterocycles. The van der Waals surface area contributed by atoms with E-state index >= 15 is 0 Å². The molecule has 0 aromatic heterocycles. The van der Waals surface area contributed by atoms with Crippen LogP contribution in [0.2, 0.25) is 0 Å². The maximum atomic E-state index is 11.6. The molecule has 2 unspecified atom stereocenters. The Morgan fingerprint density at radius 2 is 1.85 bits per heavy atom. The smallest absolute Gasteiger partial charge is 0.309 e. The lowest BCUT2D eigenvalue weighted by atomic mass is 10.1. The van der Waals surface area contributed by atoms with E-state index in [1.54, 1.807) is 0 Å². The van der Waals surface area contributed by atoms with Gasteiger partial charge in [-0.3, -0.25) is 4.57 Å². The fraction of sp³-hybridized carbons (Fsp3) is 1.00. The van der Waals surface area contributed by atoms with Gasteiger partial charge in [0.15, 0.2) is 0 Å². The van der Waals surface area contributed by atoms with Crippen LogP contribution in [0.15, 0.2) is 0 Å². The Labute approximate surface area is 81.3 Å². The fourth-order valence-corrected chi connectivity index (χ4v) is 2.13. The zero-order valence-corrected chi connectivity index (χ0v) is 10.1. The summed E-state index contributed by atoms with van der Waals surface area (Å²) in [6.07, 6.45) is 0.838. The minimum absolute atomic E-state index is 0.0207. The van der Waals surface area contributed by atoms with E-state index < -0.39 is 7.60 Å². The Morgan fingerprint density at radius 3 is 2.23 bits per heavy atom. The average Bonchev–Trinajstić information content (AvgIpc) is 2.00. The van der Waals surface area contributed by atoms with Gasteiger partial charge in [0.05, 0.1) is 12.7 Å². The first-order valence-electron chi connectivity index (χ1n) is 4.79. The number of rotatable bonds is 6. The maximum absolute atomic E-state index is 11.6. The fourth-order valence-electron chi connectivity index (χ4n) is 0.711. The minimum atomic E-state index is -2.82. The molecule has 0 aromatic carbocycles. The van der Waals surface area contributed by atoms with Crippen LogP contribution in [0.1, 0.15) is 34.1 Å². The van der Waals surface area contributed by atoms with Gasteiger partial charge < -0.3 is 9.05 Å². The number of hydrogen-bond donors (Lipinski definition) is 0. The van der Waals surface area contributed by atoms with Crippen molar-refractivity contribution in [2.24, 2.45) is 5.92 Å². The first-order valence-corrected chi connectivity index (χ1v) is 6.78. The Balaban J connectivity index is 3.94. The molecular formula is C9H21O3P. The van der Waals surface area contributed by atoms with E-state index in [9.17, 15) is 4.57 Å². The van der Waals surface area contributed by atoms with Crippen LogP contribution in [0.3, 0.4) is 0 Å². The molecule has 0 aromatic rings. The molecule has 0 N–H and O–H groups in total. The van der Waals surface area contributed by atoms with Crippen molar-refractivity contribution in [2.75, 3.05) is 13.3 Å². The van der Waals surface area contributed by atoms with Crippen LogP contribution in [-0.4, -0.2) is 19.4 Å². The molecule has 3 nitrogen and oxygen atoms in total. The minimum Gasteiger partial charge on any atom is -0.309 e. The zero-order chi connectivity index (χ0) is 10.5. The highest BCUT2D eigenvalue weighted by atomic mass is 31.2. The molecule has 0 saturated heterocycles. The van der Waals surface area contributed by atoms with Crippen LogP contribution in [0.25, 0.3) is 0 Å². The molecule has 13 heavy (non-hydrogen) atoms. The van der Waals surface area contributed by atoms with E-state index in [1.807, 2.05) is 27.7 Å². The van der Waals surface area contributed by atoms with E-state index in [2.05, 4.69) is 0 Å². The summed E-state index contributed by atoms with van der Waals surface area (Å²) in [5.41, 5.74) is 0. The van der Waals surface area contributed by atoms with Crippen LogP contribution >= 0.6 is 7.60 Å². The van der Waals surface area contributed by atoms with Crippen molar-refractivity contribution in [1.29, 1.82) is 0 Å². The largest absolute Gasteiger partial charge is 0.327 e. The van der Waals surface area contributed by atoms with E-state index in [4.69, 9.17) is 9.05 Å².